The van der Waals surface area contributed by atoms with E-state index in [1.165, 1.54) is 48.9 Å². The summed E-state index contributed by atoms with van der Waals surface area (Å²) in [6.07, 6.45) is 8.31. The van der Waals surface area contributed by atoms with Crippen molar-refractivity contribution in [1.82, 2.24) is 10.4 Å². The highest BCUT2D eigenvalue weighted by Crippen LogP contribution is 2.16. The molecule has 4 nitrogen and oxygen atoms in total. The number of amides is 2. The quantitative estimate of drug-likeness (QED) is 0.481. The number of carbonyl (C=O) groups excluding carboxylic acids is 2. The van der Waals surface area contributed by atoms with E-state index < -0.39 is 17.3 Å². The first kappa shape index (κ1) is 22.1. The van der Waals surface area contributed by atoms with E-state index >= 15 is 0 Å². The predicted octanol–water partition coefficient (Wildman–Crippen LogP) is 5.24. The Bertz CT molecular complexity index is 582. The molecule has 2 amide bonds. The molecule has 0 fully saturated rings. The minimum absolute atomic E-state index is 0.182. The van der Waals surface area contributed by atoms with Crippen LogP contribution in [-0.4, -0.2) is 22.4 Å². The number of hydrogen-bond donors (Lipinski definition) is 1. The van der Waals surface area contributed by atoms with Crippen LogP contribution < -0.4 is 5.43 Å². The molecule has 0 heterocycles. The Kier molecular flexibility index (Phi) is 9.31. The number of hydrazine groups is 1. The number of nitrogens with one attached hydrogen (secondary N) is 1. The Hall–Kier alpha value is -1.91. The largest absolute Gasteiger partial charge is 0.273 e. The van der Waals surface area contributed by atoms with Gasteiger partial charge < -0.3 is 0 Å². The smallest absolute Gasteiger partial charge is 0.272 e. The van der Waals surface area contributed by atoms with Gasteiger partial charge in [-0.15, -0.1) is 0 Å². The van der Waals surface area contributed by atoms with Crippen molar-refractivity contribution in [2.45, 2.75) is 84.6 Å². The fourth-order valence-electron chi connectivity index (χ4n) is 2.70. The summed E-state index contributed by atoms with van der Waals surface area (Å²) in [5, 5.41) is 1.30. The lowest BCUT2D eigenvalue weighted by atomic mass is 10.1. The van der Waals surface area contributed by atoms with E-state index in [0.29, 0.717) is 6.42 Å². The molecule has 0 aromatic heterocycles. The first-order valence-corrected chi connectivity index (χ1v) is 9.65. The molecule has 1 aromatic rings. The summed E-state index contributed by atoms with van der Waals surface area (Å²) in [7, 11) is 0. The number of hydrogen-bond acceptors (Lipinski definition) is 2. The maximum absolute atomic E-state index is 13.4. The van der Waals surface area contributed by atoms with Gasteiger partial charge in [-0.05, 0) is 45.4 Å². The van der Waals surface area contributed by atoms with E-state index in [9.17, 15) is 14.0 Å². The third-order valence-corrected chi connectivity index (χ3v) is 4.19. The van der Waals surface area contributed by atoms with Gasteiger partial charge in [0.2, 0.25) is 5.91 Å². The van der Waals surface area contributed by atoms with Crippen LogP contribution in [0.5, 0.6) is 0 Å². The Labute approximate surface area is 157 Å². The number of nitrogens with zero attached hydrogens (tertiary/aromatic N) is 1. The molecule has 0 saturated heterocycles. The van der Waals surface area contributed by atoms with E-state index in [4.69, 9.17) is 0 Å². The zero-order valence-corrected chi connectivity index (χ0v) is 16.6. The van der Waals surface area contributed by atoms with Gasteiger partial charge >= 0.3 is 0 Å². The molecular weight excluding hydrogens is 331 g/mol. The summed E-state index contributed by atoms with van der Waals surface area (Å²) in [5.74, 6) is -1.07. The van der Waals surface area contributed by atoms with Crippen LogP contribution in [0.4, 0.5) is 4.39 Å². The van der Waals surface area contributed by atoms with Crippen molar-refractivity contribution < 1.29 is 14.0 Å². The molecule has 1 rings (SSSR count). The molecule has 0 unspecified atom stereocenters. The van der Waals surface area contributed by atoms with Crippen LogP contribution in [-0.2, 0) is 4.79 Å². The summed E-state index contributed by atoms with van der Waals surface area (Å²) in [4.78, 5) is 25.0. The van der Waals surface area contributed by atoms with E-state index in [1.807, 2.05) is 20.8 Å². The van der Waals surface area contributed by atoms with E-state index in [1.54, 1.807) is 6.07 Å². The highest BCUT2D eigenvalue weighted by atomic mass is 19.1. The Balaban J connectivity index is 2.55. The van der Waals surface area contributed by atoms with Crippen molar-refractivity contribution in [3.05, 3.63) is 35.6 Å². The van der Waals surface area contributed by atoms with Crippen LogP contribution in [0, 0.1) is 5.82 Å². The first-order chi connectivity index (χ1) is 12.3. The average molecular weight is 365 g/mol. The fourth-order valence-corrected chi connectivity index (χ4v) is 2.70. The van der Waals surface area contributed by atoms with Crippen molar-refractivity contribution >= 4 is 11.8 Å². The van der Waals surface area contributed by atoms with Crippen molar-refractivity contribution in [2.75, 3.05) is 0 Å². The molecular formula is C21H33FN2O2. The van der Waals surface area contributed by atoms with Crippen molar-refractivity contribution in [1.29, 1.82) is 0 Å². The highest BCUT2D eigenvalue weighted by Gasteiger charge is 2.29. The predicted molar refractivity (Wildman–Crippen MR) is 103 cm³/mol. The summed E-state index contributed by atoms with van der Waals surface area (Å²) in [6, 6.07) is 5.51. The number of unbranched alkanes of at least 4 members (excludes halogenated alkanes) is 6. The van der Waals surface area contributed by atoms with Crippen LogP contribution in [0.15, 0.2) is 24.3 Å². The normalized spacial score (nSPS) is 11.3. The van der Waals surface area contributed by atoms with Gasteiger partial charge in [0.1, 0.15) is 5.82 Å². The lowest BCUT2D eigenvalue weighted by molar-refractivity contribution is -0.127. The van der Waals surface area contributed by atoms with Crippen LogP contribution in [0.25, 0.3) is 0 Å². The molecule has 5 heteroatoms. The van der Waals surface area contributed by atoms with Gasteiger partial charge in [-0.2, -0.15) is 0 Å². The second-order valence-electron chi connectivity index (χ2n) is 7.73. The van der Waals surface area contributed by atoms with Gasteiger partial charge in [-0.3, -0.25) is 15.0 Å². The van der Waals surface area contributed by atoms with Crippen molar-refractivity contribution in [2.24, 2.45) is 0 Å². The van der Waals surface area contributed by atoms with Gasteiger partial charge in [-0.1, -0.05) is 51.5 Å². The van der Waals surface area contributed by atoms with Gasteiger partial charge in [0.15, 0.2) is 0 Å². The zero-order chi connectivity index (χ0) is 19.6. The molecule has 0 atom stereocenters. The maximum atomic E-state index is 13.4. The Morgan fingerprint density at radius 2 is 1.65 bits per heavy atom. The number of benzene rings is 1. The molecule has 1 aromatic carbocycles. The molecule has 0 aliphatic heterocycles. The second-order valence-corrected chi connectivity index (χ2v) is 7.73. The van der Waals surface area contributed by atoms with Gasteiger partial charge in [0.25, 0.3) is 5.91 Å². The van der Waals surface area contributed by atoms with Crippen LogP contribution in [0.2, 0.25) is 0 Å². The molecule has 0 aliphatic carbocycles. The standard InChI is InChI=1S/C21H33FN2O2/c1-5-6-7-8-9-10-11-15-19(25)23-24(21(2,3)4)20(26)17-13-12-14-18(22)16-17/h12-14,16H,5-11,15H2,1-4H3,(H,23,25). The van der Waals surface area contributed by atoms with Crippen LogP contribution >= 0.6 is 0 Å². The van der Waals surface area contributed by atoms with Crippen LogP contribution in [0.3, 0.4) is 0 Å². The zero-order valence-electron chi connectivity index (χ0n) is 16.6. The third kappa shape index (κ3) is 7.98. The van der Waals surface area contributed by atoms with Gasteiger partial charge in [0.05, 0.1) is 5.54 Å². The van der Waals surface area contributed by atoms with Crippen molar-refractivity contribution in [3.8, 4) is 0 Å². The molecule has 0 aliphatic rings. The van der Waals surface area contributed by atoms with E-state index in [-0.39, 0.29) is 11.5 Å². The van der Waals surface area contributed by atoms with E-state index in [0.717, 1.165) is 19.3 Å². The number of rotatable bonds is 9. The van der Waals surface area contributed by atoms with Crippen molar-refractivity contribution in [3.63, 3.8) is 0 Å². The third-order valence-electron chi connectivity index (χ3n) is 4.19. The summed E-state index contributed by atoms with van der Waals surface area (Å²) >= 11 is 0. The molecule has 1 N–H and O–H groups in total. The minimum Gasteiger partial charge on any atom is -0.273 e. The monoisotopic (exact) mass is 364 g/mol. The SMILES string of the molecule is CCCCCCCCCC(=O)NN(C(=O)c1cccc(F)c1)C(C)(C)C. The summed E-state index contributed by atoms with van der Waals surface area (Å²) in [6.45, 7) is 7.69. The average Bonchev–Trinajstić information content (AvgIpc) is 2.57. The fraction of sp³-hybridized carbons (Fsp3) is 0.619. The lowest BCUT2D eigenvalue weighted by Crippen LogP contribution is -2.55. The maximum Gasteiger partial charge on any atom is 0.272 e. The van der Waals surface area contributed by atoms with E-state index in [2.05, 4.69) is 12.3 Å². The van der Waals surface area contributed by atoms with Gasteiger partial charge in [0, 0.05) is 12.0 Å². The molecule has 0 bridgehead atoms. The molecule has 0 spiro atoms. The first-order valence-electron chi connectivity index (χ1n) is 9.65. The highest BCUT2D eigenvalue weighted by molar-refractivity contribution is 5.95. The Morgan fingerprint density at radius 3 is 2.23 bits per heavy atom. The molecule has 26 heavy (non-hydrogen) atoms. The number of carbonyl (C=O) groups is 2. The molecule has 0 saturated carbocycles. The lowest BCUT2D eigenvalue weighted by Gasteiger charge is -2.35. The summed E-state index contributed by atoms with van der Waals surface area (Å²) < 4.78 is 13.4. The Morgan fingerprint density at radius 1 is 1.04 bits per heavy atom. The van der Waals surface area contributed by atoms with Crippen LogP contribution in [0.1, 0.15) is 89.4 Å². The number of halogens is 1. The molecule has 146 valence electrons. The topological polar surface area (TPSA) is 49.4 Å². The van der Waals surface area contributed by atoms with Gasteiger partial charge in [-0.25, -0.2) is 9.40 Å². The minimum atomic E-state index is -0.612. The second kappa shape index (κ2) is 10.9. The molecule has 0 radical (unpaired) electrons. The summed E-state index contributed by atoms with van der Waals surface area (Å²) in [5.41, 5.74) is 2.32.